The highest BCUT2D eigenvalue weighted by molar-refractivity contribution is 5.92. The van der Waals surface area contributed by atoms with Gasteiger partial charge in [-0.15, -0.1) is 0 Å². The van der Waals surface area contributed by atoms with Crippen LogP contribution in [0.3, 0.4) is 0 Å². The van der Waals surface area contributed by atoms with Gasteiger partial charge in [-0.1, -0.05) is 6.58 Å². The molecule has 6 nitrogen and oxygen atoms in total. The van der Waals surface area contributed by atoms with Crippen LogP contribution in [0.4, 0.5) is 0 Å². The first-order valence-electron chi connectivity index (χ1n) is 4.93. The summed E-state index contributed by atoms with van der Waals surface area (Å²) in [5.74, 6) is -1.49. The number of rotatable bonds is 7. The minimum atomic E-state index is -1.06. The number of amides is 1. The first-order valence-corrected chi connectivity index (χ1v) is 4.93. The van der Waals surface area contributed by atoms with Crippen LogP contribution >= 0.6 is 0 Å². The molecule has 0 aliphatic carbocycles. The molecule has 0 aromatic rings. The highest BCUT2D eigenvalue weighted by atomic mass is 16.4. The number of aliphatic carboxylic acids is 1. The Morgan fingerprint density at radius 2 is 2.06 bits per heavy atom. The number of aliphatic hydroxyl groups excluding tert-OH is 1. The largest absolute Gasteiger partial charge is 0.481 e. The number of carbonyl (C=O) groups is 2. The van der Waals surface area contributed by atoms with Gasteiger partial charge in [0.05, 0.1) is 12.5 Å². The van der Waals surface area contributed by atoms with Gasteiger partial charge in [-0.05, 0) is 13.3 Å². The van der Waals surface area contributed by atoms with E-state index in [-0.39, 0.29) is 25.0 Å². The fraction of sp³-hybridized carbons (Fsp3) is 0.600. The van der Waals surface area contributed by atoms with Crippen molar-refractivity contribution in [2.24, 2.45) is 5.73 Å². The van der Waals surface area contributed by atoms with E-state index >= 15 is 0 Å². The predicted octanol–water partition coefficient (Wildman–Crippen LogP) is -0.768. The number of hydrogen-bond donors (Lipinski definition) is 4. The standard InChI is InChI=1S/C10H18N2O4/c1-6(2)10(16)12-8(5-9(14)15)7(11)3-4-13/h7-8,13H,1,3-5,11H2,2H3,(H,12,16)(H,14,15). The lowest BCUT2D eigenvalue weighted by molar-refractivity contribution is -0.137. The van der Waals surface area contributed by atoms with Gasteiger partial charge in [-0.3, -0.25) is 9.59 Å². The van der Waals surface area contributed by atoms with Crippen molar-refractivity contribution in [1.29, 1.82) is 0 Å². The Labute approximate surface area is 94.1 Å². The van der Waals surface area contributed by atoms with Crippen molar-refractivity contribution in [3.8, 4) is 0 Å². The maximum absolute atomic E-state index is 11.3. The molecule has 0 saturated carbocycles. The third kappa shape index (κ3) is 5.47. The molecular weight excluding hydrogens is 212 g/mol. The van der Waals surface area contributed by atoms with E-state index in [2.05, 4.69) is 11.9 Å². The van der Waals surface area contributed by atoms with Gasteiger partial charge < -0.3 is 21.3 Å². The van der Waals surface area contributed by atoms with Crippen LogP contribution in [-0.2, 0) is 9.59 Å². The Balaban J connectivity index is 4.47. The van der Waals surface area contributed by atoms with Crippen LogP contribution < -0.4 is 11.1 Å². The van der Waals surface area contributed by atoms with Gasteiger partial charge in [-0.2, -0.15) is 0 Å². The summed E-state index contributed by atoms with van der Waals surface area (Å²) in [4.78, 5) is 21.9. The third-order valence-electron chi connectivity index (χ3n) is 2.08. The Morgan fingerprint density at radius 1 is 1.50 bits per heavy atom. The Morgan fingerprint density at radius 3 is 2.44 bits per heavy atom. The highest BCUT2D eigenvalue weighted by Crippen LogP contribution is 2.03. The molecule has 6 heteroatoms. The Bertz CT molecular complexity index is 278. The summed E-state index contributed by atoms with van der Waals surface area (Å²) >= 11 is 0. The van der Waals surface area contributed by atoms with E-state index in [1.165, 1.54) is 6.92 Å². The van der Waals surface area contributed by atoms with E-state index in [0.717, 1.165) is 0 Å². The van der Waals surface area contributed by atoms with Crippen molar-refractivity contribution in [3.05, 3.63) is 12.2 Å². The van der Waals surface area contributed by atoms with Gasteiger partial charge in [-0.25, -0.2) is 0 Å². The average molecular weight is 230 g/mol. The zero-order valence-electron chi connectivity index (χ0n) is 9.27. The second-order valence-corrected chi connectivity index (χ2v) is 3.63. The molecule has 0 saturated heterocycles. The van der Waals surface area contributed by atoms with Gasteiger partial charge in [0.2, 0.25) is 5.91 Å². The molecule has 0 aliphatic rings. The molecule has 0 heterocycles. The molecule has 2 unspecified atom stereocenters. The van der Waals surface area contributed by atoms with E-state index in [9.17, 15) is 9.59 Å². The molecule has 0 radical (unpaired) electrons. The summed E-state index contributed by atoms with van der Waals surface area (Å²) in [6, 6.07) is -1.29. The normalized spacial score (nSPS) is 13.9. The number of carboxylic acid groups (broad SMARTS) is 1. The summed E-state index contributed by atoms with van der Waals surface area (Å²) in [7, 11) is 0. The SMILES string of the molecule is C=C(C)C(=O)NC(CC(=O)O)C(N)CCO. The quantitative estimate of drug-likeness (QED) is 0.429. The van der Waals surface area contributed by atoms with E-state index in [1.54, 1.807) is 0 Å². The van der Waals surface area contributed by atoms with E-state index in [0.29, 0.717) is 0 Å². The lowest BCUT2D eigenvalue weighted by Gasteiger charge is -2.23. The minimum absolute atomic E-state index is 0.153. The number of hydrogen-bond acceptors (Lipinski definition) is 4. The topological polar surface area (TPSA) is 113 Å². The molecule has 0 fully saturated rings. The van der Waals surface area contributed by atoms with Gasteiger partial charge in [0.15, 0.2) is 0 Å². The highest BCUT2D eigenvalue weighted by Gasteiger charge is 2.22. The van der Waals surface area contributed by atoms with Crippen LogP contribution in [0.15, 0.2) is 12.2 Å². The monoisotopic (exact) mass is 230 g/mol. The van der Waals surface area contributed by atoms with Gasteiger partial charge in [0.25, 0.3) is 0 Å². The predicted molar refractivity (Wildman–Crippen MR) is 58.7 cm³/mol. The average Bonchev–Trinajstić information content (AvgIpc) is 2.16. The second-order valence-electron chi connectivity index (χ2n) is 3.63. The van der Waals surface area contributed by atoms with Crippen LogP contribution in [0.25, 0.3) is 0 Å². The van der Waals surface area contributed by atoms with Crippen molar-refractivity contribution < 1.29 is 19.8 Å². The number of nitrogens with two attached hydrogens (primary N) is 1. The summed E-state index contributed by atoms with van der Waals surface area (Å²) < 4.78 is 0. The van der Waals surface area contributed by atoms with E-state index < -0.39 is 24.0 Å². The molecule has 0 rings (SSSR count). The number of carbonyl (C=O) groups excluding carboxylic acids is 1. The molecule has 2 atom stereocenters. The zero-order chi connectivity index (χ0) is 12.7. The molecule has 92 valence electrons. The first kappa shape index (κ1) is 14.6. The maximum atomic E-state index is 11.3. The van der Waals surface area contributed by atoms with Crippen LogP contribution in [0.1, 0.15) is 19.8 Å². The van der Waals surface area contributed by atoms with Crippen LogP contribution in [0.2, 0.25) is 0 Å². The van der Waals surface area contributed by atoms with E-state index in [1.807, 2.05) is 0 Å². The van der Waals surface area contributed by atoms with Gasteiger partial charge in [0, 0.05) is 18.2 Å². The van der Waals surface area contributed by atoms with Gasteiger partial charge in [0.1, 0.15) is 0 Å². The number of aliphatic hydroxyl groups is 1. The zero-order valence-corrected chi connectivity index (χ0v) is 9.27. The van der Waals surface area contributed by atoms with Crippen LogP contribution in [0, 0.1) is 0 Å². The summed E-state index contributed by atoms with van der Waals surface area (Å²) in [6.07, 6.45) is -0.0470. The molecule has 5 N–H and O–H groups in total. The molecule has 1 amide bonds. The molecule has 16 heavy (non-hydrogen) atoms. The van der Waals surface area contributed by atoms with Crippen molar-refractivity contribution in [2.45, 2.75) is 31.8 Å². The summed E-state index contributed by atoms with van der Waals surface area (Å²) in [5, 5.41) is 19.8. The van der Waals surface area contributed by atoms with Crippen molar-refractivity contribution in [1.82, 2.24) is 5.32 Å². The van der Waals surface area contributed by atoms with Crippen molar-refractivity contribution >= 4 is 11.9 Å². The van der Waals surface area contributed by atoms with Crippen LogP contribution in [-0.4, -0.2) is 40.8 Å². The number of nitrogens with one attached hydrogen (secondary N) is 1. The van der Waals surface area contributed by atoms with Crippen LogP contribution in [0.5, 0.6) is 0 Å². The van der Waals surface area contributed by atoms with E-state index in [4.69, 9.17) is 15.9 Å². The third-order valence-corrected chi connectivity index (χ3v) is 2.08. The van der Waals surface area contributed by atoms with Crippen molar-refractivity contribution in [3.63, 3.8) is 0 Å². The smallest absolute Gasteiger partial charge is 0.305 e. The lowest BCUT2D eigenvalue weighted by atomic mass is 10.0. The molecular formula is C10H18N2O4. The molecule has 0 aromatic heterocycles. The fourth-order valence-corrected chi connectivity index (χ4v) is 1.14. The molecule has 0 aromatic carbocycles. The molecule has 0 bridgehead atoms. The summed E-state index contributed by atoms with van der Waals surface area (Å²) in [6.45, 7) is 4.81. The first-order chi connectivity index (χ1) is 7.38. The lowest BCUT2D eigenvalue weighted by Crippen LogP contribution is -2.49. The Kier molecular flexibility index (Phi) is 6.36. The summed E-state index contributed by atoms with van der Waals surface area (Å²) in [5.41, 5.74) is 5.94. The second kappa shape index (κ2) is 6.97. The fourth-order valence-electron chi connectivity index (χ4n) is 1.14. The maximum Gasteiger partial charge on any atom is 0.305 e. The molecule has 0 aliphatic heterocycles. The van der Waals surface area contributed by atoms with Crippen molar-refractivity contribution in [2.75, 3.05) is 6.61 Å². The number of carboxylic acids is 1. The van der Waals surface area contributed by atoms with Gasteiger partial charge >= 0.3 is 5.97 Å². The Hall–Kier alpha value is -1.40. The minimum Gasteiger partial charge on any atom is -0.481 e. The molecule has 0 spiro atoms.